The number of nitrogens with two attached hydrogens (primary N) is 1. The molecule has 76 valence electrons. The van der Waals surface area contributed by atoms with Crippen LogP contribution in [0, 0.1) is 11.3 Å². The second kappa shape index (κ2) is 3.58. The summed E-state index contributed by atoms with van der Waals surface area (Å²) >= 11 is 0. The molecule has 1 heterocycles. The molecule has 0 radical (unpaired) electrons. The topological polar surface area (TPSA) is 95.0 Å². The summed E-state index contributed by atoms with van der Waals surface area (Å²) in [5, 5.41) is 12.4. The average Bonchev–Trinajstić information content (AvgIpc) is 2.27. The van der Waals surface area contributed by atoms with Gasteiger partial charge in [-0.1, -0.05) is 0 Å². The Hall–Kier alpha value is -2.09. The van der Waals surface area contributed by atoms with Crippen molar-refractivity contribution in [3.63, 3.8) is 0 Å². The summed E-state index contributed by atoms with van der Waals surface area (Å²) in [6.45, 7) is 0. The van der Waals surface area contributed by atoms with Crippen molar-refractivity contribution in [2.45, 2.75) is 19.3 Å². The number of nitrogens with zero attached hydrogens (tertiary/aromatic N) is 2. The molecule has 5 heteroatoms. The number of hydrogen-bond donors (Lipinski definition) is 2. The zero-order chi connectivity index (χ0) is 10.8. The molecule has 3 N–H and O–H groups in total. The van der Waals surface area contributed by atoms with E-state index >= 15 is 0 Å². The molecular formula is C10H10N4O. The van der Waals surface area contributed by atoms with E-state index in [1.165, 1.54) is 0 Å². The molecule has 0 aromatic carbocycles. The fourth-order valence-electron chi connectivity index (χ4n) is 1.81. The second-order valence-corrected chi connectivity index (χ2v) is 3.45. The van der Waals surface area contributed by atoms with E-state index in [1.807, 2.05) is 6.07 Å². The number of nitrogens with one attached hydrogen (secondary N) is 1. The van der Waals surface area contributed by atoms with E-state index in [0.29, 0.717) is 0 Å². The van der Waals surface area contributed by atoms with Crippen molar-refractivity contribution >= 4 is 5.71 Å². The van der Waals surface area contributed by atoms with Gasteiger partial charge in [-0.15, -0.1) is 0 Å². The van der Waals surface area contributed by atoms with Crippen LogP contribution in [0.25, 0.3) is 0 Å². The standard InChI is InChI=1S/C10H10N4O/c11-5-6-4-7-8(13-10(6)15)2-1-3-9(7)14-12/h4H,1-3,12H2,(H,13,15)/b14-9+. The number of hydrazone groups is 1. The Morgan fingerprint density at radius 1 is 1.53 bits per heavy atom. The number of pyridine rings is 1. The molecular weight excluding hydrogens is 192 g/mol. The van der Waals surface area contributed by atoms with Gasteiger partial charge in [0.2, 0.25) is 0 Å². The summed E-state index contributed by atoms with van der Waals surface area (Å²) in [4.78, 5) is 14.1. The first-order chi connectivity index (χ1) is 7.26. The van der Waals surface area contributed by atoms with Crippen molar-refractivity contribution < 1.29 is 0 Å². The van der Waals surface area contributed by atoms with Gasteiger partial charge in [0.1, 0.15) is 11.6 Å². The minimum Gasteiger partial charge on any atom is -0.324 e. The van der Waals surface area contributed by atoms with Crippen LogP contribution in [0.1, 0.15) is 29.7 Å². The first kappa shape index (κ1) is 9.46. The van der Waals surface area contributed by atoms with Crippen molar-refractivity contribution in [3.8, 4) is 6.07 Å². The van der Waals surface area contributed by atoms with Crippen molar-refractivity contribution in [1.29, 1.82) is 5.26 Å². The Morgan fingerprint density at radius 2 is 2.33 bits per heavy atom. The Bertz CT molecular complexity index is 521. The Kier molecular flexibility index (Phi) is 2.26. The summed E-state index contributed by atoms with van der Waals surface area (Å²) < 4.78 is 0. The van der Waals surface area contributed by atoms with Crippen molar-refractivity contribution in [3.05, 3.63) is 33.2 Å². The fraction of sp³-hybridized carbons (Fsp3) is 0.300. The van der Waals surface area contributed by atoms with E-state index < -0.39 is 0 Å². The molecule has 5 nitrogen and oxygen atoms in total. The minimum atomic E-state index is -0.338. The van der Waals surface area contributed by atoms with Crippen LogP contribution in [0.4, 0.5) is 0 Å². The molecule has 15 heavy (non-hydrogen) atoms. The van der Waals surface area contributed by atoms with Crippen LogP contribution in [-0.4, -0.2) is 10.7 Å². The number of aromatic nitrogens is 1. The van der Waals surface area contributed by atoms with Crippen LogP contribution in [0.15, 0.2) is 16.0 Å². The molecule has 0 spiro atoms. The Morgan fingerprint density at radius 3 is 3.00 bits per heavy atom. The molecule has 0 fully saturated rings. The normalized spacial score (nSPS) is 17.1. The lowest BCUT2D eigenvalue weighted by Gasteiger charge is -2.16. The first-order valence-corrected chi connectivity index (χ1v) is 4.69. The number of fused-ring (bicyclic) bond motifs is 1. The van der Waals surface area contributed by atoms with Gasteiger partial charge in [0.25, 0.3) is 5.56 Å². The number of nitriles is 1. The number of aryl methyl sites for hydroxylation is 1. The van der Waals surface area contributed by atoms with E-state index in [4.69, 9.17) is 11.1 Å². The Labute approximate surface area is 86.2 Å². The summed E-state index contributed by atoms with van der Waals surface area (Å²) in [6.07, 6.45) is 2.51. The summed E-state index contributed by atoms with van der Waals surface area (Å²) in [5.41, 5.74) is 2.16. The number of H-pyrrole nitrogens is 1. The summed E-state index contributed by atoms with van der Waals surface area (Å²) in [6, 6.07) is 3.42. The van der Waals surface area contributed by atoms with E-state index in [2.05, 4.69) is 10.1 Å². The van der Waals surface area contributed by atoms with Gasteiger partial charge in [-0.05, 0) is 25.3 Å². The number of hydrogen-bond acceptors (Lipinski definition) is 4. The largest absolute Gasteiger partial charge is 0.324 e. The highest BCUT2D eigenvalue weighted by Gasteiger charge is 2.17. The van der Waals surface area contributed by atoms with Crippen molar-refractivity contribution in [1.82, 2.24) is 4.98 Å². The molecule has 1 aromatic heterocycles. The molecule has 0 saturated heterocycles. The zero-order valence-corrected chi connectivity index (χ0v) is 8.08. The monoisotopic (exact) mass is 202 g/mol. The van der Waals surface area contributed by atoms with Crippen LogP contribution >= 0.6 is 0 Å². The fourth-order valence-corrected chi connectivity index (χ4v) is 1.81. The van der Waals surface area contributed by atoms with E-state index in [0.717, 1.165) is 36.2 Å². The third kappa shape index (κ3) is 1.50. The number of rotatable bonds is 0. The lowest BCUT2D eigenvalue weighted by atomic mass is 9.93. The molecule has 0 saturated carbocycles. The molecule has 0 amide bonds. The van der Waals surface area contributed by atoms with Crippen LogP contribution in [0.5, 0.6) is 0 Å². The van der Waals surface area contributed by atoms with Gasteiger partial charge in [0.15, 0.2) is 0 Å². The van der Waals surface area contributed by atoms with Gasteiger partial charge in [0, 0.05) is 11.3 Å². The van der Waals surface area contributed by atoms with Gasteiger partial charge < -0.3 is 10.8 Å². The van der Waals surface area contributed by atoms with Gasteiger partial charge in [-0.2, -0.15) is 10.4 Å². The van der Waals surface area contributed by atoms with Crippen molar-refractivity contribution in [2.24, 2.45) is 10.9 Å². The van der Waals surface area contributed by atoms with Gasteiger partial charge in [0.05, 0.1) is 5.71 Å². The quantitative estimate of drug-likeness (QED) is 0.466. The lowest BCUT2D eigenvalue weighted by Crippen LogP contribution is -2.22. The van der Waals surface area contributed by atoms with E-state index in [-0.39, 0.29) is 11.1 Å². The maximum atomic E-state index is 11.4. The molecule has 0 atom stereocenters. The minimum absolute atomic E-state index is 0.108. The van der Waals surface area contributed by atoms with Gasteiger partial charge in [-0.25, -0.2) is 0 Å². The molecule has 0 bridgehead atoms. The molecule has 1 aliphatic carbocycles. The SMILES string of the molecule is N#Cc1cc2c([nH]c1=O)CCC/C2=N\N. The second-order valence-electron chi connectivity index (χ2n) is 3.45. The first-order valence-electron chi connectivity index (χ1n) is 4.69. The van der Waals surface area contributed by atoms with Crippen LogP contribution in [0.2, 0.25) is 0 Å². The lowest BCUT2D eigenvalue weighted by molar-refractivity contribution is 0.799. The highest BCUT2D eigenvalue weighted by Crippen LogP contribution is 2.18. The maximum Gasteiger partial charge on any atom is 0.266 e. The predicted molar refractivity (Wildman–Crippen MR) is 55.4 cm³/mol. The van der Waals surface area contributed by atoms with Gasteiger partial charge >= 0.3 is 0 Å². The summed E-state index contributed by atoms with van der Waals surface area (Å²) in [5.74, 6) is 5.26. The summed E-state index contributed by atoms with van der Waals surface area (Å²) in [7, 11) is 0. The third-order valence-electron chi connectivity index (χ3n) is 2.55. The maximum absolute atomic E-state index is 11.4. The smallest absolute Gasteiger partial charge is 0.266 e. The van der Waals surface area contributed by atoms with E-state index in [1.54, 1.807) is 6.07 Å². The molecule has 1 aliphatic rings. The molecule has 1 aromatic rings. The van der Waals surface area contributed by atoms with Crippen LogP contribution in [-0.2, 0) is 6.42 Å². The predicted octanol–water partition coefficient (Wildman–Crippen LogP) is 0.246. The van der Waals surface area contributed by atoms with Crippen LogP contribution < -0.4 is 11.4 Å². The van der Waals surface area contributed by atoms with E-state index in [9.17, 15) is 4.79 Å². The highest BCUT2D eigenvalue weighted by atomic mass is 16.1. The number of aromatic amines is 1. The average molecular weight is 202 g/mol. The molecule has 2 rings (SSSR count). The zero-order valence-electron chi connectivity index (χ0n) is 8.08. The highest BCUT2D eigenvalue weighted by molar-refractivity contribution is 6.02. The molecule has 0 unspecified atom stereocenters. The Balaban J connectivity index is 2.67. The van der Waals surface area contributed by atoms with Crippen molar-refractivity contribution in [2.75, 3.05) is 0 Å². The van der Waals surface area contributed by atoms with Crippen LogP contribution in [0.3, 0.4) is 0 Å². The van der Waals surface area contributed by atoms with Gasteiger partial charge in [-0.3, -0.25) is 4.79 Å². The third-order valence-corrected chi connectivity index (χ3v) is 2.55. The molecule has 0 aliphatic heterocycles.